The number of aromatic nitrogens is 3. The molecule has 0 spiro atoms. The summed E-state index contributed by atoms with van der Waals surface area (Å²) in [6, 6.07) is 5.91. The van der Waals surface area contributed by atoms with Gasteiger partial charge in [-0.15, -0.1) is 0 Å². The summed E-state index contributed by atoms with van der Waals surface area (Å²) >= 11 is 0. The molecule has 0 aliphatic carbocycles. The van der Waals surface area contributed by atoms with E-state index in [9.17, 15) is 13.2 Å². The van der Waals surface area contributed by atoms with Crippen LogP contribution in [-0.2, 0) is 6.54 Å². The van der Waals surface area contributed by atoms with Crippen LogP contribution in [0, 0.1) is 5.82 Å². The fraction of sp³-hybridized carbons (Fsp3) is 0.227. The molecule has 0 fully saturated rings. The third-order valence-electron chi connectivity index (χ3n) is 5.10. The molecule has 4 N–H and O–H groups in total. The van der Waals surface area contributed by atoms with Crippen LogP contribution in [0.1, 0.15) is 24.2 Å². The molecule has 2 bridgehead atoms. The minimum atomic E-state index is -2.63. The Kier molecular flexibility index (Phi) is 5.85. The number of halogens is 3. The van der Waals surface area contributed by atoms with Crippen molar-refractivity contribution in [2.24, 2.45) is 10.7 Å². The first-order chi connectivity index (χ1) is 15.4. The molecule has 0 radical (unpaired) electrons. The number of nitrogen functional groups attached to an aromatic ring is 1. The molecule has 0 saturated heterocycles. The predicted molar refractivity (Wildman–Crippen MR) is 115 cm³/mol. The number of allylic oxidation sites excluding steroid dienone is 1. The van der Waals surface area contributed by atoms with Gasteiger partial charge in [0.15, 0.2) is 11.6 Å². The topological polar surface area (TPSA) is 104 Å². The van der Waals surface area contributed by atoms with Crippen molar-refractivity contribution >= 4 is 11.5 Å². The molecule has 3 aromatic rings. The summed E-state index contributed by atoms with van der Waals surface area (Å²) < 4.78 is 47.9. The second-order valence-corrected chi connectivity index (χ2v) is 7.25. The van der Waals surface area contributed by atoms with E-state index in [1.165, 1.54) is 24.5 Å². The monoisotopic (exact) mass is 442 g/mol. The first-order valence-electron chi connectivity index (χ1n) is 9.84. The number of anilines is 1. The third-order valence-corrected chi connectivity index (χ3v) is 5.10. The maximum atomic E-state index is 14.1. The number of hydrogen-bond donors (Lipinski definition) is 2. The van der Waals surface area contributed by atoms with Gasteiger partial charge in [0, 0.05) is 47.1 Å². The van der Waals surface area contributed by atoms with E-state index >= 15 is 0 Å². The molecule has 4 rings (SSSR count). The molecule has 32 heavy (non-hydrogen) atoms. The number of aliphatic imine (C=N–C) groups is 1. The van der Waals surface area contributed by atoms with Crippen LogP contribution in [0.4, 0.5) is 19.0 Å². The summed E-state index contributed by atoms with van der Waals surface area (Å²) in [4.78, 5) is 12.7. The van der Waals surface area contributed by atoms with E-state index in [-0.39, 0.29) is 23.8 Å². The fourth-order valence-electron chi connectivity index (χ4n) is 3.62. The number of pyridine rings is 1. The minimum absolute atomic E-state index is 0.101. The molecule has 3 heterocycles. The normalized spacial score (nSPS) is 18.6. The SMILES string of the molecule is CC1Oc2cc(cnc2N)C(=NCC(F)F)C(=CN)Cn2ccnc2-c2ccc(F)cc21. The lowest BCUT2D eigenvalue weighted by molar-refractivity contribution is 0.159. The van der Waals surface area contributed by atoms with Crippen molar-refractivity contribution in [1.82, 2.24) is 14.5 Å². The minimum Gasteiger partial charge on any atom is -0.482 e. The molecule has 10 heteroatoms. The van der Waals surface area contributed by atoms with Gasteiger partial charge in [0.2, 0.25) is 0 Å². The Labute approximate surface area is 182 Å². The summed E-state index contributed by atoms with van der Waals surface area (Å²) in [5.41, 5.74) is 14.2. The van der Waals surface area contributed by atoms with Crippen molar-refractivity contribution in [2.45, 2.75) is 26.0 Å². The molecule has 1 unspecified atom stereocenters. The standard InChI is InChI=1S/C22H21F3N6O/c1-12-17-7-15(23)2-3-16(17)22-28-4-5-31(22)11-14(8-26)20(29-10-19(24)25)13-6-18(32-12)21(27)30-9-13/h2-9,12,19H,10-11,26H2,1H3,(H2,27,30). The maximum Gasteiger partial charge on any atom is 0.257 e. The molecule has 1 aliphatic heterocycles. The molecular formula is C22H21F3N6O. The van der Waals surface area contributed by atoms with Gasteiger partial charge in [-0.1, -0.05) is 0 Å². The summed E-state index contributed by atoms with van der Waals surface area (Å²) in [6.45, 7) is 1.24. The van der Waals surface area contributed by atoms with Gasteiger partial charge in [0.1, 0.15) is 24.3 Å². The molecule has 2 aromatic heterocycles. The average molecular weight is 442 g/mol. The number of ether oxygens (including phenoxy) is 1. The lowest BCUT2D eigenvalue weighted by atomic mass is 10.0. The van der Waals surface area contributed by atoms with E-state index in [1.54, 1.807) is 36.0 Å². The van der Waals surface area contributed by atoms with Gasteiger partial charge in [-0.3, -0.25) is 4.99 Å². The van der Waals surface area contributed by atoms with Crippen LogP contribution in [0.3, 0.4) is 0 Å². The molecule has 1 atom stereocenters. The van der Waals surface area contributed by atoms with Crippen molar-refractivity contribution < 1.29 is 17.9 Å². The highest BCUT2D eigenvalue weighted by atomic mass is 19.3. The van der Waals surface area contributed by atoms with Crippen molar-refractivity contribution in [3.63, 3.8) is 0 Å². The number of rotatable bonds is 2. The molecule has 1 aromatic carbocycles. The molecule has 0 amide bonds. The Hall–Kier alpha value is -3.82. The number of benzene rings is 1. The van der Waals surface area contributed by atoms with Crippen LogP contribution in [-0.4, -0.2) is 33.2 Å². The summed E-state index contributed by atoms with van der Waals surface area (Å²) in [6.07, 6.45) is 2.80. The van der Waals surface area contributed by atoms with E-state index in [4.69, 9.17) is 16.2 Å². The van der Waals surface area contributed by atoms with E-state index in [2.05, 4.69) is 15.0 Å². The van der Waals surface area contributed by atoms with Crippen molar-refractivity contribution in [1.29, 1.82) is 0 Å². The fourth-order valence-corrected chi connectivity index (χ4v) is 3.62. The number of imidazole rings is 1. The van der Waals surface area contributed by atoms with Crippen LogP contribution in [0.25, 0.3) is 11.4 Å². The van der Waals surface area contributed by atoms with Crippen LogP contribution >= 0.6 is 0 Å². The van der Waals surface area contributed by atoms with Crippen LogP contribution in [0.5, 0.6) is 5.75 Å². The Morgan fingerprint density at radius 3 is 2.88 bits per heavy atom. The largest absolute Gasteiger partial charge is 0.482 e. The second kappa shape index (κ2) is 8.74. The highest BCUT2D eigenvalue weighted by molar-refractivity contribution is 6.12. The first-order valence-corrected chi connectivity index (χ1v) is 9.84. The zero-order valence-corrected chi connectivity index (χ0v) is 17.2. The van der Waals surface area contributed by atoms with Crippen molar-refractivity contribution in [2.75, 3.05) is 12.3 Å². The molecular weight excluding hydrogens is 421 g/mol. The van der Waals surface area contributed by atoms with Crippen molar-refractivity contribution in [3.8, 4) is 17.1 Å². The summed E-state index contributed by atoms with van der Waals surface area (Å²) in [5.74, 6) is 0.436. The average Bonchev–Trinajstić information content (AvgIpc) is 3.22. The number of hydrogen-bond acceptors (Lipinski definition) is 6. The Balaban J connectivity index is 1.95. The molecule has 1 aliphatic rings. The Bertz CT molecular complexity index is 1200. The number of fused-ring (bicyclic) bond motifs is 5. The van der Waals surface area contributed by atoms with Gasteiger partial charge < -0.3 is 20.8 Å². The van der Waals surface area contributed by atoms with Crippen LogP contribution < -0.4 is 16.2 Å². The molecule has 0 saturated carbocycles. The van der Waals surface area contributed by atoms with Crippen LogP contribution in [0.2, 0.25) is 0 Å². The van der Waals surface area contributed by atoms with Gasteiger partial charge in [-0.25, -0.2) is 23.1 Å². The number of nitrogens with zero attached hydrogens (tertiary/aromatic N) is 4. The number of alkyl halides is 2. The van der Waals surface area contributed by atoms with Gasteiger partial charge in [0.25, 0.3) is 6.43 Å². The van der Waals surface area contributed by atoms with E-state index in [1.807, 2.05) is 0 Å². The predicted octanol–water partition coefficient (Wildman–Crippen LogP) is 3.72. The van der Waals surface area contributed by atoms with Gasteiger partial charge >= 0.3 is 0 Å². The van der Waals surface area contributed by atoms with E-state index in [0.717, 1.165) is 0 Å². The highest BCUT2D eigenvalue weighted by Gasteiger charge is 2.23. The summed E-state index contributed by atoms with van der Waals surface area (Å²) in [5, 5.41) is 0. The van der Waals surface area contributed by atoms with E-state index < -0.39 is 24.9 Å². The lowest BCUT2D eigenvalue weighted by Gasteiger charge is -2.22. The quantitative estimate of drug-likeness (QED) is 0.630. The molecule has 7 nitrogen and oxygen atoms in total. The summed E-state index contributed by atoms with van der Waals surface area (Å²) in [7, 11) is 0. The van der Waals surface area contributed by atoms with Crippen LogP contribution in [0.15, 0.2) is 59.6 Å². The highest BCUT2D eigenvalue weighted by Crippen LogP contribution is 2.34. The maximum absolute atomic E-state index is 14.1. The van der Waals surface area contributed by atoms with Gasteiger partial charge in [-0.2, -0.15) is 0 Å². The third kappa shape index (κ3) is 4.16. The van der Waals surface area contributed by atoms with Gasteiger partial charge in [-0.05, 0) is 31.2 Å². The molecule has 166 valence electrons. The lowest BCUT2D eigenvalue weighted by Crippen LogP contribution is -2.18. The Morgan fingerprint density at radius 1 is 1.31 bits per heavy atom. The first kappa shape index (κ1) is 21.4. The van der Waals surface area contributed by atoms with Crippen molar-refractivity contribution in [3.05, 3.63) is 71.6 Å². The van der Waals surface area contributed by atoms with Gasteiger partial charge in [0.05, 0.1) is 12.3 Å². The zero-order chi connectivity index (χ0) is 22.8. The smallest absolute Gasteiger partial charge is 0.257 e. The van der Waals surface area contributed by atoms with E-state index in [0.29, 0.717) is 28.1 Å². The Morgan fingerprint density at radius 2 is 2.12 bits per heavy atom. The zero-order valence-electron chi connectivity index (χ0n) is 17.2. The second-order valence-electron chi connectivity index (χ2n) is 7.25. The number of nitrogens with two attached hydrogens (primary N) is 2.